The number of nitro benzene ring substituents is 1. The normalized spacial score (nSPS) is 9.63. The number of carboxylic acids is 1. The summed E-state index contributed by atoms with van der Waals surface area (Å²) in [5.74, 6) is -1.08. The van der Waals surface area contributed by atoms with Gasteiger partial charge < -0.3 is 15.2 Å². The number of carboxylic acid groups (broad SMARTS) is 1. The van der Waals surface area contributed by atoms with Gasteiger partial charge in [-0.3, -0.25) is 10.1 Å². The fourth-order valence-electron chi connectivity index (χ4n) is 1.32. The van der Waals surface area contributed by atoms with Gasteiger partial charge in [0.25, 0.3) is 5.69 Å². The zero-order valence-corrected chi connectivity index (χ0v) is 9.83. The molecule has 1 aromatic rings. The highest BCUT2D eigenvalue weighted by Gasteiger charge is 2.14. The molecule has 0 spiro atoms. The van der Waals surface area contributed by atoms with Gasteiger partial charge in [-0.25, -0.2) is 4.79 Å². The van der Waals surface area contributed by atoms with Gasteiger partial charge in [-0.1, -0.05) is 0 Å². The van der Waals surface area contributed by atoms with Gasteiger partial charge in [-0.05, 0) is 12.1 Å². The highest BCUT2D eigenvalue weighted by atomic mass is 16.6. The smallest absolute Gasteiger partial charge is 0.329 e. The van der Waals surface area contributed by atoms with Crippen molar-refractivity contribution in [1.82, 2.24) is 0 Å². The number of rotatable bonds is 7. The van der Waals surface area contributed by atoms with E-state index in [-0.39, 0.29) is 30.1 Å². The Labute approximate surface area is 108 Å². The van der Waals surface area contributed by atoms with Crippen LogP contribution in [0.1, 0.15) is 5.56 Å². The van der Waals surface area contributed by atoms with Crippen molar-refractivity contribution in [2.45, 2.75) is 0 Å². The summed E-state index contributed by atoms with van der Waals surface area (Å²) < 4.78 is 4.78. The van der Waals surface area contributed by atoms with Crippen LogP contribution in [0, 0.1) is 21.4 Å². The molecule has 8 nitrogen and oxygen atoms in total. The Morgan fingerprint density at radius 1 is 1.58 bits per heavy atom. The molecule has 1 aromatic carbocycles. The van der Waals surface area contributed by atoms with Crippen LogP contribution in [0.25, 0.3) is 0 Å². The van der Waals surface area contributed by atoms with E-state index in [1.54, 1.807) is 0 Å². The number of nitrogens with zero attached hydrogens (tertiary/aromatic N) is 2. The van der Waals surface area contributed by atoms with E-state index in [0.29, 0.717) is 0 Å². The van der Waals surface area contributed by atoms with Crippen molar-refractivity contribution < 1.29 is 19.6 Å². The largest absolute Gasteiger partial charge is 0.480 e. The number of anilines is 1. The molecule has 0 saturated carbocycles. The molecule has 1 rings (SSSR count). The maximum Gasteiger partial charge on any atom is 0.329 e. The summed E-state index contributed by atoms with van der Waals surface area (Å²) in [5, 5.41) is 30.6. The van der Waals surface area contributed by atoms with Crippen LogP contribution in [-0.4, -0.2) is 35.8 Å². The monoisotopic (exact) mass is 265 g/mol. The molecule has 8 heteroatoms. The number of benzene rings is 1. The first-order valence-corrected chi connectivity index (χ1v) is 5.26. The van der Waals surface area contributed by atoms with Gasteiger partial charge in [-0.15, -0.1) is 0 Å². The third kappa shape index (κ3) is 4.61. The summed E-state index contributed by atoms with van der Waals surface area (Å²) in [4.78, 5) is 20.4. The van der Waals surface area contributed by atoms with Crippen LogP contribution in [-0.2, 0) is 9.53 Å². The van der Waals surface area contributed by atoms with E-state index in [1.165, 1.54) is 18.2 Å². The molecule has 0 unspecified atom stereocenters. The number of nitriles is 1. The summed E-state index contributed by atoms with van der Waals surface area (Å²) in [5.41, 5.74) is 0.236. The Hall–Kier alpha value is -2.66. The Morgan fingerprint density at radius 3 is 2.89 bits per heavy atom. The van der Waals surface area contributed by atoms with Crippen LogP contribution >= 0.6 is 0 Å². The average molecular weight is 265 g/mol. The Kier molecular flexibility index (Phi) is 5.25. The van der Waals surface area contributed by atoms with Crippen molar-refractivity contribution in [2.24, 2.45) is 0 Å². The lowest BCUT2D eigenvalue weighted by molar-refractivity contribution is -0.384. The highest BCUT2D eigenvalue weighted by Crippen LogP contribution is 2.24. The lowest BCUT2D eigenvalue weighted by Crippen LogP contribution is -2.14. The molecule has 0 aliphatic heterocycles. The predicted molar refractivity (Wildman–Crippen MR) is 64.8 cm³/mol. The number of carbonyl (C=O) groups is 1. The van der Waals surface area contributed by atoms with Gasteiger partial charge in [0.2, 0.25) is 0 Å². The lowest BCUT2D eigenvalue weighted by Gasteiger charge is -2.07. The van der Waals surface area contributed by atoms with Gasteiger partial charge in [0.1, 0.15) is 12.3 Å². The first-order valence-electron chi connectivity index (χ1n) is 5.26. The maximum absolute atomic E-state index is 10.8. The van der Waals surface area contributed by atoms with E-state index in [9.17, 15) is 14.9 Å². The minimum atomic E-state index is -1.08. The minimum absolute atomic E-state index is 0.101. The summed E-state index contributed by atoms with van der Waals surface area (Å²) in [6, 6.07) is 5.86. The number of nitrogens with one attached hydrogen (secondary N) is 1. The molecule has 0 atom stereocenters. The maximum atomic E-state index is 10.8. The van der Waals surface area contributed by atoms with Gasteiger partial charge in [0, 0.05) is 12.6 Å². The number of ether oxygens (including phenoxy) is 1. The van der Waals surface area contributed by atoms with Crippen LogP contribution in [0.5, 0.6) is 0 Å². The Balaban J connectivity index is 2.60. The van der Waals surface area contributed by atoms with E-state index in [0.717, 1.165) is 0 Å². The zero-order valence-electron chi connectivity index (χ0n) is 9.83. The summed E-state index contributed by atoms with van der Waals surface area (Å²) in [7, 11) is 0. The number of hydrogen-bond acceptors (Lipinski definition) is 6. The molecule has 19 heavy (non-hydrogen) atoms. The molecule has 0 amide bonds. The van der Waals surface area contributed by atoms with Crippen molar-refractivity contribution in [3.8, 4) is 6.07 Å². The van der Waals surface area contributed by atoms with E-state index in [4.69, 9.17) is 15.1 Å². The molecule has 0 aliphatic carbocycles. The molecular formula is C11H11N3O5. The van der Waals surface area contributed by atoms with Crippen LogP contribution in [0.4, 0.5) is 11.4 Å². The van der Waals surface area contributed by atoms with Crippen molar-refractivity contribution >= 4 is 17.3 Å². The standard InChI is InChI=1S/C11H11N3O5/c12-6-8-1-2-9(10(5-8)14(17)18)13-3-4-19-7-11(15)16/h1-2,5,13H,3-4,7H2,(H,15,16). The topological polar surface area (TPSA) is 125 Å². The Bertz CT molecular complexity index is 524. The van der Waals surface area contributed by atoms with Gasteiger partial charge in [-0.2, -0.15) is 5.26 Å². The number of nitro groups is 1. The lowest BCUT2D eigenvalue weighted by atomic mass is 10.2. The first kappa shape index (κ1) is 14.4. The van der Waals surface area contributed by atoms with Crippen molar-refractivity contribution in [3.05, 3.63) is 33.9 Å². The second kappa shape index (κ2) is 6.93. The fraction of sp³-hybridized carbons (Fsp3) is 0.273. The molecule has 0 aliphatic rings. The second-order valence-electron chi connectivity index (χ2n) is 3.47. The molecule has 0 aromatic heterocycles. The minimum Gasteiger partial charge on any atom is -0.480 e. The van der Waals surface area contributed by atoms with Gasteiger partial charge >= 0.3 is 5.97 Å². The molecule has 0 radical (unpaired) electrons. The average Bonchev–Trinajstić information content (AvgIpc) is 2.38. The number of aliphatic carboxylic acids is 1. The fourth-order valence-corrected chi connectivity index (χ4v) is 1.32. The van der Waals surface area contributed by atoms with Crippen LogP contribution in [0.15, 0.2) is 18.2 Å². The van der Waals surface area contributed by atoms with E-state index < -0.39 is 17.5 Å². The Morgan fingerprint density at radius 2 is 2.32 bits per heavy atom. The third-order valence-corrected chi connectivity index (χ3v) is 2.11. The number of hydrogen-bond donors (Lipinski definition) is 2. The second-order valence-corrected chi connectivity index (χ2v) is 3.47. The van der Waals surface area contributed by atoms with Crippen LogP contribution in [0.2, 0.25) is 0 Å². The van der Waals surface area contributed by atoms with E-state index in [2.05, 4.69) is 5.32 Å². The molecule has 0 heterocycles. The molecule has 2 N–H and O–H groups in total. The first-order chi connectivity index (χ1) is 9.04. The predicted octanol–water partition coefficient (Wildman–Crippen LogP) is 0.980. The van der Waals surface area contributed by atoms with Crippen LogP contribution in [0.3, 0.4) is 0 Å². The van der Waals surface area contributed by atoms with Gasteiger partial charge in [0.05, 0.1) is 23.2 Å². The van der Waals surface area contributed by atoms with Crippen molar-refractivity contribution in [3.63, 3.8) is 0 Å². The highest BCUT2D eigenvalue weighted by molar-refractivity contribution is 5.68. The van der Waals surface area contributed by atoms with Crippen molar-refractivity contribution in [2.75, 3.05) is 25.1 Å². The SMILES string of the molecule is N#Cc1ccc(NCCOCC(=O)O)c([N+](=O)[O-])c1. The molecule has 0 fully saturated rings. The molecule has 0 bridgehead atoms. The summed E-state index contributed by atoms with van der Waals surface area (Å²) in [6.45, 7) is -0.0966. The molecular weight excluding hydrogens is 254 g/mol. The quantitative estimate of drug-likeness (QED) is 0.427. The van der Waals surface area contributed by atoms with E-state index in [1.807, 2.05) is 6.07 Å². The van der Waals surface area contributed by atoms with Crippen LogP contribution < -0.4 is 5.32 Å². The third-order valence-electron chi connectivity index (χ3n) is 2.11. The zero-order chi connectivity index (χ0) is 14.3. The summed E-state index contributed by atoms with van der Waals surface area (Å²) >= 11 is 0. The molecule has 100 valence electrons. The van der Waals surface area contributed by atoms with Crippen molar-refractivity contribution in [1.29, 1.82) is 5.26 Å². The summed E-state index contributed by atoms with van der Waals surface area (Å²) in [6.07, 6.45) is 0. The molecule has 0 saturated heterocycles. The van der Waals surface area contributed by atoms with E-state index >= 15 is 0 Å². The van der Waals surface area contributed by atoms with Gasteiger partial charge in [0.15, 0.2) is 0 Å².